The molecule has 10 heteroatoms. The fourth-order valence-corrected chi connectivity index (χ4v) is 4.73. The van der Waals surface area contributed by atoms with Crippen LogP contribution < -0.4 is 10.1 Å². The Kier molecular flexibility index (Phi) is 6.06. The maximum absolute atomic E-state index is 13.1. The molecule has 2 aromatic rings. The Bertz CT molecular complexity index is 1200. The van der Waals surface area contributed by atoms with Crippen molar-refractivity contribution >= 4 is 31.5 Å². The van der Waals surface area contributed by atoms with E-state index in [0.717, 1.165) is 16.7 Å². The molecule has 4 amide bonds. The van der Waals surface area contributed by atoms with Crippen LogP contribution in [0, 0.1) is 0 Å². The monoisotopic (exact) mass is 475 g/mol. The number of carbonyl (C=O) groups is 4. The van der Waals surface area contributed by atoms with Crippen molar-refractivity contribution in [3.8, 4) is 5.75 Å². The quantitative estimate of drug-likeness (QED) is 0.478. The summed E-state index contributed by atoms with van der Waals surface area (Å²) in [7, 11) is 1.70. The van der Waals surface area contributed by atoms with Crippen molar-refractivity contribution in [3.05, 3.63) is 64.7 Å². The average molecular weight is 475 g/mol. The van der Waals surface area contributed by atoms with Crippen molar-refractivity contribution in [1.82, 2.24) is 15.1 Å². The number of benzene rings is 2. The molecule has 0 bridgehead atoms. The topological polar surface area (TPSA) is 105 Å². The third kappa shape index (κ3) is 4.41. The standard InChI is InChI=1S/C25H26BN3O6/c26-25(9-8-21(30)27-24(25)33)29-13-19-18(23(29)32)2-1-3-20(19)35-14-17-6-4-16(5-7-17)12-28-10-11-34-15-22(28)31/h1-7H,8-15,26H2,(H,27,30,33). The second kappa shape index (κ2) is 9.18. The number of imide groups is 1. The molecular formula is C25H26BN3O6. The SMILES string of the molecule is BC1(N2Cc3c(OCc4ccc(CN5CCOCC5=O)cc4)cccc3C2=O)CCC(=O)NC1=O. The molecule has 5 rings (SSSR count). The van der Waals surface area contributed by atoms with E-state index in [9.17, 15) is 19.2 Å². The first-order valence-electron chi connectivity index (χ1n) is 11.7. The summed E-state index contributed by atoms with van der Waals surface area (Å²) in [6.45, 7) is 2.39. The van der Waals surface area contributed by atoms with Gasteiger partial charge in [-0.3, -0.25) is 24.5 Å². The number of nitrogens with zero attached hydrogens (tertiary/aromatic N) is 2. The normalized spacial score (nSPS) is 22.3. The van der Waals surface area contributed by atoms with Crippen LogP contribution in [0.25, 0.3) is 0 Å². The second-order valence-electron chi connectivity index (χ2n) is 9.30. The molecule has 2 saturated heterocycles. The van der Waals surface area contributed by atoms with Crippen LogP contribution >= 0.6 is 0 Å². The van der Waals surface area contributed by atoms with Crippen LogP contribution in [-0.2, 0) is 38.8 Å². The van der Waals surface area contributed by atoms with Gasteiger partial charge in [0.1, 0.15) is 26.8 Å². The lowest BCUT2D eigenvalue weighted by Gasteiger charge is -2.39. The van der Waals surface area contributed by atoms with Gasteiger partial charge in [-0.25, -0.2) is 0 Å². The number of fused-ring (bicyclic) bond motifs is 1. The fraction of sp³-hybridized carbons (Fsp3) is 0.360. The van der Waals surface area contributed by atoms with Gasteiger partial charge in [-0.05, 0) is 29.7 Å². The van der Waals surface area contributed by atoms with E-state index in [2.05, 4.69) is 5.32 Å². The maximum atomic E-state index is 13.1. The molecule has 0 aromatic heterocycles. The fourth-order valence-electron chi connectivity index (χ4n) is 4.73. The molecular weight excluding hydrogens is 449 g/mol. The smallest absolute Gasteiger partial charge is 0.254 e. The number of ether oxygens (including phenoxy) is 2. The minimum absolute atomic E-state index is 0.00338. The molecule has 0 radical (unpaired) electrons. The lowest BCUT2D eigenvalue weighted by molar-refractivity contribution is -0.143. The van der Waals surface area contributed by atoms with Crippen molar-refractivity contribution in [2.24, 2.45) is 0 Å². The molecule has 0 spiro atoms. The molecule has 35 heavy (non-hydrogen) atoms. The summed E-state index contributed by atoms with van der Waals surface area (Å²) in [5.74, 6) is -0.410. The Morgan fingerprint density at radius 2 is 1.83 bits per heavy atom. The van der Waals surface area contributed by atoms with Crippen molar-refractivity contribution in [1.29, 1.82) is 0 Å². The zero-order chi connectivity index (χ0) is 24.6. The van der Waals surface area contributed by atoms with Crippen LogP contribution in [0.1, 0.15) is 39.9 Å². The Labute approximate surface area is 203 Å². The van der Waals surface area contributed by atoms with Gasteiger partial charge in [0.05, 0.1) is 18.6 Å². The van der Waals surface area contributed by atoms with Gasteiger partial charge in [0, 0.05) is 30.6 Å². The van der Waals surface area contributed by atoms with Gasteiger partial charge >= 0.3 is 0 Å². The van der Waals surface area contributed by atoms with Gasteiger partial charge in [-0.15, -0.1) is 0 Å². The molecule has 2 aromatic carbocycles. The molecule has 1 atom stereocenters. The van der Waals surface area contributed by atoms with Crippen LogP contribution in [0.15, 0.2) is 42.5 Å². The Morgan fingerprint density at radius 1 is 1.06 bits per heavy atom. The first kappa shape index (κ1) is 23.1. The minimum Gasteiger partial charge on any atom is -0.489 e. The third-order valence-electron chi connectivity index (χ3n) is 6.98. The van der Waals surface area contributed by atoms with Crippen LogP contribution in [0.3, 0.4) is 0 Å². The molecule has 2 fully saturated rings. The van der Waals surface area contributed by atoms with Gasteiger partial charge in [-0.1, -0.05) is 30.3 Å². The highest BCUT2D eigenvalue weighted by Crippen LogP contribution is 2.37. The summed E-state index contributed by atoms with van der Waals surface area (Å²) in [4.78, 5) is 52.6. The van der Waals surface area contributed by atoms with Crippen LogP contribution in [0.4, 0.5) is 0 Å². The first-order valence-corrected chi connectivity index (χ1v) is 11.7. The Morgan fingerprint density at radius 3 is 2.57 bits per heavy atom. The van der Waals surface area contributed by atoms with E-state index in [4.69, 9.17) is 9.47 Å². The zero-order valence-electron chi connectivity index (χ0n) is 19.5. The van der Waals surface area contributed by atoms with E-state index < -0.39 is 11.3 Å². The van der Waals surface area contributed by atoms with Gasteiger partial charge < -0.3 is 19.3 Å². The van der Waals surface area contributed by atoms with E-state index in [1.54, 1.807) is 24.9 Å². The summed E-state index contributed by atoms with van der Waals surface area (Å²) in [6.07, 6.45) is 0.484. The van der Waals surface area contributed by atoms with E-state index >= 15 is 0 Å². The number of carbonyl (C=O) groups excluding carboxylic acids is 4. The summed E-state index contributed by atoms with van der Waals surface area (Å²) in [5.41, 5.74) is 2.16. The minimum atomic E-state index is -1.08. The largest absolute Gasteiger partial charge is 0.489 e. The average Bonchev–Trinajstić information content (AvgIpc) is 3.20. The van der Waals surface area contributed by atoms with E-state index in [0.29, 0.717) is 37.6 Å². The molecule has 0 saturated carbocycles. The lowest BCUT2D eigenvalue weighted by Crippen LogP contribution is -2.63. The van der Waals surface area contributed by atoms with E-state index in [1.807, 2.05) is 30.3 Å². The van der Waals surface area contributed by atoms with Crippen LogP contribution in [0.5, 0.6) is 5.75 Å². The predicted octanol–water partition coefficient (Wildman–Crippen LogP) is 0.346. The van der Waals surface area contributed by atoms with Crippen molar-refractivity contribution in [2.75, 3.05) is 19.8 Å². The highest BCUT2D eigenvalue weighted by Gasteiger charge is 2.48. The number of hydrogen-bond acceptors (Lipinski definition) is 6. The Hall–Kier alpha value is -3.66. The van der Waals surface area contributed by atoms with Gasteiger partial charge in [0.25, 0.3) is 5.91 Å². The summed E-state index contributed by atoms with van der Waals surface area (Å²) in [6, 6.07) is 13.2. The molecule has 180 valence electrons. The molecule has 1 N–H and O–H groups in total. The number of hydrogen-bond donors (Lipinski definition) is 1. The molecule has 0 aliphatic carbocycles. The van der Waals surface area contributed by atoms with E-state index in [-0.39, 0.29) is 43.7 Å². The number of nitrogens with one attached hydrogen (secondary N) is 1. The lowest BCUT2D eigenvalue weighted by atomic mass is 9.70. The molecule has 3 heterocycles. The van der Waals surface area contributed by atoms with Gasteiger partial charge in [-0.2, -0.15) is 0 Å². The highest BCUT2D eigenvalue weighted by atomic mass is 16.5. The predicted molar refractivity (Wildman–Crippen MR) is 127 cm³/mol. The molecule has 3 aliphatic rings. The molecule has 1 unspecified atom stereocenters. The Balaban J connectivity index is 1.26. The van der Waals surface area contributed by atoms with E-state index in [1.165, 1.54) is 4.90 Å². The van der Waals surface area contributed by atoms with Crippen molar-refractivity contribution in [3.63, 3.8) is 0 Å². The van der Waals surface area contributed by atoms with Gasteiger partial charge in [0.2, 0.25) is 17.7 Å². The van der Waals surface area contributed by atoms with Crippen LogP contribution in [0.2, 0.25) is 0 Å². The number of rotatable bonds is 6. The number of amides is 4. The number of piperidine rings is 1. The summed E-state index contributed by atoms with van der Waals surface area (Å²) in [5, 5.41) is 2.36. The second-order valence-corrected chi connectivity index (χ2v) is 9.30. The zero-order valence-corrected chi connectivity index (χ0v) is 19.5. The first-order chi connectivity index (χ1) is 16.8. The molecule has 3 aliphatic heterocycles. The third-order valence-corrected chi connectivity index (χ3v) is 6.98. The number of morpholine rings is 1. The van der Waals surface area contributed by atoms with Crippen LogP contribution in [-0.4, -0.2) is 66.5 Å². The maximum Gasteiger partial charge on any atom is 0.254 e. The summed E-state index contributed by atoms with van der Waals surface area (Å²) < 4.78 is 11.3. The molecule has 9 nitrogen and oxygen atoms in total. The van der Waals surface area contributed by atoms with Crippen molar-refractivity contribution in [2.45, 2.75) is 38.0 Å². The summed E-state index contributed by atoms with van der Waals surface area (Å²) >= 11 is 0. The van der Waals surface area contributed by atoms with Crippen molar-refractivity contribution < 1.29 is 28.7 Å². The highest BCUT2D eigenvalue weighted by molar-refractivity contribution is 6.32. The van der Waals surface area contributed by atoms with Gasteiger partial charge in [0.15, 0.2) is 0 Å².